The van der Waals surface area contributed by atoms with Crippen LogP contribution in [-0.2, 0) is 0 Å². The summed E-state index contributed by atoms with van der Waals surface area (Å²) in [7, 11) is 0. The topological polar surface area (TPSA) is 28.7 Å². The van der Waals surface area contributed by atoms with Gasteiger partial charge in [-0.15, -0.1) is 0 Å². The highest BCUT2D eigenvalue weighted by Gasteiger charge is 2.22. The predicted octanol–water partition coefficient (Wildman–Crippen LogP) is 2.28. The van der Waals surface area contributed by atoms with Crippen LogP contribution in [0.1, 0.15) is 30.9 Å². The standard InChI is InChI=1S/C7H9IN2/c8-6-4-9-10-7(6)5-2-1-3-5/h4-5H,1-3H2,(H,9,10). The van der Waals surface area contributed by atoms with Gasteiger partial charge in [0.15, 0.2) is 0 Å². The zero-order chi connectivity index (χ0) is 6.97. The van der Waals surface area contributed by atoms with Crippen LogP contribution < -0.4 is 0 Å². The smallest absolute Gasteiger partial charge is 0.0624 e. The molecule has 1 saturated carbocycles. The molecule has 1 aromatic rings. The van der Waals surface area contributed by atoms with Crippen molar-refractivity contribution in [3.8, 4) is 0 Å². The number of rotatable bonds is 1. The van der Waals surface area contributed by atoms with Crippen molar-refractivity contribution in [2.75, 3.05) is 0 Å². The molecule has 0 spiro atoms. The van der Waals surface area contributed by atoms with Crippen LogP contribution in [0.2, 0.25) is 0 Å². The van der Waals surface area contributed by atoms with E-state index in [1.165, 1.54) is 28.5 Å². The molecule has 10 heavy (non-hydrogen) atoms. The fourth-order valence-electron chi connectivity index (χ4n) is 1.26. The second-order valence-electron chi connectivity index (χ2n) is 2.76. The summed E-state index contributed by atoms with van der Waals surface area (Å²) in [4.78, 5) is 0. The maximum atomic E-state index is 3.99. The number of halogens is 1. The number of hydrogen-bond acceptors (Lipinski definition) is 1. The van der Waals surface area contributed by atoms with Crippen LogP contribution in [-0.4, -0.2) is 10.2 Å². The highest BCUT2D eigenvalue weighted by atomic mass is 127. The summed E-state index contributed by atoms with van der Waals surface area (Å²) in [5, 5.41) is 7.04. The van der Waals surface area contributed by atoms with Crippen molar-refractivity contribution in [1.29, 1.82) is 0 Å². The Balaban J connectivity index is 2.23. The van der Waals surface area contributed by atoms with Gasteiger partial charge in [0, 0.05) is 5.92 Å². The minimum absolute atomic E-state index is 0.786. The van der Waals surface area contributed by atoms with Gasteiger partial charge in [-0.05, 0) is 35.4 Å². The van der Waals surface area contributed by atoms with Crippen LogP contribution >= 0.6 is 22.6 Å². The van der Waals surface area contributed by atoms with Crippen molar-refractivity contribution < 1.29 is 0 Å². The van der Waals surface area contributed by atoms with E-state index in [1.54, 1.807) is 0 Å². The first-order valence-electron chi connectivity index (χ1n) is 3.56. The third-order valence-electron chi connectivity index (χ3n) is 2.13. The van der Waals surface area contributed by atoms with E-state index in [9.17, 15) is 0 Å². The highest BCUT2D eigenvalue weighted by molar-refractivity contribution is 14.1. The van der Waals surface area contributed by atoms with E-state index in [4.69, 9.17) is 0 Å². The first-order chi connectivity index (χ1) is 4.88. The van der Waals surface area contributed by atoms with Crippen LogP contribution in [0, 0.1) is 3.57 Å². The molecule has 0 radical (unpaired) electrons. The lowest BCUT2D eigenvalue weighted by molar-refractivity contribution is 0.409. The molecule has 2 nitrogen and oxygen atoms in total. The summed E-state index contributed by atoms with van der Waals surface area (Å²) in [6.07, 6.45) is 5.98. The molecule has 2 rings (SSSR count). The van der Waals surface area contributed by atoms with E-state index in [2.05, 4.69) is 32.8 Å². The molecule has 0 amide bonds. The average molecular weight is 248 g/mol. The Kier molecular flexibility index (Phi) is 1.68. The van der Waals surface area contributed by atoms with Gasteiger partial charge in [0.2, 0.25) is 0 Å². The highest BCUT2D eigenvalue weighted by Crippen LogP contribution is 2.36. The van der Waals surface area contributed by atoms with E-state index < -0.39 is 0 Å². The molecule has 1 N–H and O–H groups in total. The van der Waals surface area contributed by atoms with Gasteiger partial charge in [-0.25, -0.2) is 0 Å². The number of aromatic nitrogens is 2. The third kappa shape index (κ3) is 0.962. The molecule has 0 aromatic carbocycles. The largest absolute Gasteiger partial charge is 0.281 e. The summed E-state index contributed by atoms with van der Waals surface area (Å²) >= 11 is 2.33. The number of hydrogen-bond donors (Lipinski definition) is 1. The quantitative estimate of drug-likeness (QED) is 0.759. The molecule has 1 aliphatic rings. The van der Waals surface area contributed by atoms with Gasteiger partial charge in [0.05, 0.1) is 15.5 Å². The van der Waals surface area contributed by atoms with Crippen molar-refractivity contribution in [2.24, 2.45) is 0 Å². The van der Waals surface area contributed by atoms with Crippen molar-refractivity contribution in [2.45, 2.75) is 25.2 Å². The predicted molar refractivity (Wildman–Crippen MR) is 47.9 cm³/mol. The van der Waals surface area contributed by atoms with Crippen LogP contribution in [0.15, 0.2) is 6.20 Å². The maximum Gasteiger partial charge on any atom is 0.0624 e. The lowest BCUT2D eigenvalue weighted by atomic mass is 9.83. The summed E-state index contributed by atoms with van der Waals surface area (Å²) in [6.45, 7) is 0. The molecule has 3 heteroatoms. The van der Waals surface area contributed by atoms with Gasteiger partial charge < -0.3 is 0 Å². The Morgan fingerprint density at radius 1 is 1.60 bits per heavy atom. The number of nitrogens with one attached hydrogen (secondary N) is 1. The van der Waals surface area contributed by atoms with E-state index in [0.717, 1.165) is 5.92 Å². The minimum atomic E-state index is 0.786. The van der Waals surface area contributed by atoms with Gasteiger partial charge in [-0.3, -0.25) is 5.10 Å². The first-order valence-corrected chi connectivity index (χ1v) is 4.64. The summed E-state index contributed by atoms with van der Waals surface area (Å²) in [6, 6.07) is 0. The van der Waals surface area contributed by atoms with Gasteiger partial charge in [-0.2, -0.15) is 5.10 Å². The Morgan fingerprint density at radius 3 is 2.80 bits per heavy atom. The second-order valence-corrected chi connectivity index (χ2v) is 3.92. The fraction of sp³-hybridized carbons (Fsp3) is 0.571. The molecular formula is C7H9IN2. The molecule has 1 aromatic heterocycles. The summed E-state index contributed by atoms with van der Waals surface area (Å²) < 4.78 is 1.29. The fourth-order valence-corrected chi connectivity index (χ4v) is 1.96. The first kappa shape index (κ1) is 6.64. The molecule has 1 heterocycles. The molecule has 54 valence electrons. The van der Waals surface area contributed by atoms with E-state index >= 15 is 0 Å². The van der Waals surface area contributed by atoms with E-state index in [-0.39, 0.29) is 0 Å². The average Bonchev–Trinajstić information content (AvgIpc) is 2.12. The minimum Gasteiger partial charge on any atom is -0.281 e. The van der Waals surface area contributed by atoms with Gasteiger partial charge in [0.25, 0.3) is 0 Å². The molecule has 1 aliphatic carbocycles. The molecule has 1 fully saturated rings. The van der Waals surface area contributed by atoms with Crippen LogP contribution in [0.5, 0.6) is 0 Å². The van der Waals surface area contributed by atoms with Gasteiger partial charge in [-0.1, -0.05) is 6.42 Å². The number of H-pyrrole nitrogens is 1. The maximum absolute atomic E-state index is 3.99. The molecular weight excluding hydrogens is 239 g/mol. The molecule has 0 unspecified atom stereocenters. The van der Waals surface area contributed by atoms with Crippen LogP contribution in [0.25, 0.3) is 0 Å². The molecule has 0 aliphatic heterocycles. The molecule has 0 atom stereocenters. The van der Waals surface area contributed by atoms with E-state index in [0.29, 0.717) is 0 Å². The summed E-state index contributed by atoms with van der Waals surface area (Å²) in [5.74, 6) is 0.786. The number of nitrogens with zero attached hydrogens (tertiary/aromatic N) is 1. The Labute approximate surface area is 73.5 Å². The Morgan fingerprint density at radius 2 is 2.40 bits per heavy atom. The van der Waals surface area contributed by atoms with Crippen molar-refractivity contribution >= 4 is 22.6 Å². The second kappa shape index (κ2) is 2.53. The lowest BCUT2D eigenvalue weighted by Crippen LogP contribution is -2.10. The zero-order valence-corrected chi connectivity index (χ0v) is 7.76. The Bertz CT molecular complexity index is 227. The van der Waals surface area contributed by atoms with Gasteiger partial charge in [0.1, 0.15) is 0 Å². The van der Waals surface area contributed by atoms with Gasteiger partial charge >= 0.3 is 0 Å². The van der Waals surface area contributed by atoms with Crippen LogP contribution in [0.3, 0.4) is 0 Å². The monoisotopic (exact) mass is 248 g/mol. The van der Waals surface area contributed by atoms with Crippen molar-refractivity contribution in [3.05, 3.63) is 15.5 Å². The molecule has 0 bridgehead atoms. The normalized spacial score (nSPS) is 18.9. The number of aromatic amines is 1. The third-order valence-corrected chi connectivity index (χ3v) is 2.99. The molecule has 0 saturated heterocycles. The lowest BCUT2D eigenvalue weighted by Gasteiger charge is -2.24. The zero-order valence-electron chi connectivity index (χ0n) is 5.60. The summed E-state index contributed by atoms with van der Waals surface area (Å²) in [5.41, 5.74) is 1.35. The van der Waals surface area contributed by atoms with Crippen molar-refractivity contribution in [3.63, 3.8) is 0 Å². The Hall–Kier alpha value is -0.0600. The SMILES string of the molecule is Ic1cn[nH]c1C1CCC1. The van der Waals surface area contributed by atoms with E-state index in [1.807, 2.05) is 6.20 Å². The van der Waals surface area contributed by atoms with Crippen LogP contribution in [0.4, 0.5) is 0 Å². The van der Waals surface area contributed by atoms with Crippen molar-refractivity contribution in [1.82, 2.24) is 10.2 Å².